The first kappa shape index (κ1) is 19.3. The molecule has 0 bridgehead atoms. The van der Waals surface area contributed by atoms with Gasteiger partial charge in [-0.1, -0.05) is 37.2 Å². The Kier molecular flexibility index (Phi) is 4.15. The fourth-order valence-corrected chi connectivity index (χ4v) is 4.51. The lowest BCUT2D eigenvalue weighted by molar-refractivity contribution is -0.172. The van der Waals surface area contributed by atoms with Crippen molar-refractivity contribution in [3.8, 4) is 11.4 Å². The highest BCUT2D eigenvalue weighted by Gasteiger charge is 2.45. The smallest absolute Gasteiger partial charge is 0.343 e. The van der Waals surface area contributed by atoms with Gasteiger partial charge in [0.25, 0.3) is 5.56 Å². The van der Waals surface area contributed by atoms with Crippen molar-refractivity contribution >= 4 is 16.9 Å². The van der Waals surface area contributed by atoms with Gasteiger partial charge < -0.3 is 14.4 Å². The van der Waals surface area contributed by atoms with Gasteiger partial charge in [0.1, 0.15) is 6.61 Å². The molecule has 156 valence electrons. The van der Waals surface area contributed by atoms with Gasteiger partial charge in [0, 0.05) is 21.4 Å². The van der Waals surface area contributed by atoms with E-state index in [0.717, 1.165) is 16.5 Å². The molecule has 5 rings (SSSR count). The molecule has 0 saturated heterocycles. The molecule has 4 heterocycles. The molecule has 1 aromatic carbocycles. The highest BCUT2D eigenvalue weighted by molar-refractivity contribution is 5.88. The number of ether oxygens (including phenoxy) is 1. The molecule has 0 spiro atoms. The number of benzene rings is 1. The molecule has 1 unspecified atom stereocenters. The van der Waals surface area contributed by atoms with Crippen molar-refractivity contribution in [3.05, 3.63) is 73.4 Å². The van der Waals surface area contributed by atoms with Crippen molar-refractivity contribution in [2.45, 2.75) is 45.1 Å². The number of pyridine rings is 2. The Hall–Kier alpha value is -3.68. The third-order valence-electron chi connectivity index (χ3n) is 6.24. The van der Waals surface area contributed by atoms with Gasteiger partial charge in [0.15, 0.2) is 5.60 Å². The number of hydrogen-bond donors (Lipinski definition) is 1. The fourth-order valence-electron chi connectivity index (χ4n) is 4.51. The third kappa shape index (κ3) is 2.60. The van der Waals surface area contributed by atoms with Crippen LogP contribution in [0, 0.1) is 0 Å². The Labute approximate surface area is 176 Å². The summed E-state index contributed by atoms with van der Waals surface area (Å²) in [6, 6.07) is 8.92. The van der Waals surface area contributed by atoms with Crippen molar-refractivity contribution in [1.29, 1.82) is 0 Å². The van der Waals surface area contributed by atoms with Crippen molar-refractivity contribution in [2.24, 2.45) is 5.11 Å². The maximum Gasteiger partial charge on any atom is 0.343 e. The number of hydrogen-bond acceptors (Lipinski definition) is 6. The molecule has 2 atom stereocenters. The van der Waals surface area contributed by atoms with Gasteiger partial charge >= 0.3 is 5.97 Å². The van der Waals surface area contributed by atoms with Crippen LogP contribution in [0.4, 0.5) is 0 Å². The Balaban J connectivity index is 1.78. The van der Waals surface area contributed by atoms with E-state index >= 15 is 0 Å². The molecule has 3 aromatic rings. The van der Waals surface area contributed by atoms with Gasteiger partial charge in [0.05, 0.1) is 35.1 Å². The summed E-state index contributed by atoms with van der Waals surface area (Å²) in [5, 5.41) is 15.6. The number of aliphatic hydroxyl groups is 1. The normalized spacial score (nSPS) is 19.8. The number of carbonyl (C=O) groups excluding carboxylic acids is 1. The number of esters is 1. The number of carbonyl (C=O) groups is 1. The number of nitrogens with zero attached hydrogens (tertiary/aromatic N) is 5. The minimum absolute atomic E-state index is 0.0908. The highest BCUT2D eigenvalue weighted by Crippen LogP contribution is 2.39. The van der Waals surface area contributed by atoms with Gasteiger partial charge in [-0.15, -0.1) is 0 Å². The van der Waals surface area contributed by atoms with Crippen LogP contribution < -0.4 is 5.56 Å². The van der Waals surface area contributed by atoms with Gasteiger partial charge in [-0.05, 0) is 29.6 Å². The van der Waals surface area contributed by atoms with E-state index in [2.05, 4.69) is 10.0 Å². The van der Waals surface area contributed by atoms with Crippen molar-refractivity contribution in [1.82, 2.24) is 9.55 Å². The second-order valence-corrected chi connectivity index (χ2v) is 7.90. The van der Waals surface area contributed by atoms with Crippen LogP contribution in [0.1, 0.15) is 48.6 Å². The Morgan fingerprint density at radius 1 is 1.39 bits per heavy atom. The zero-order valence-electron chi connectivity index (χ0n) is 17.0. The van der Waals surface area contributed by atoms with Crippen LogP contribution in [0.5, 0.6) is 0 Å². The summed E-state index contributed by atoms with van der Waals surface area (Å²) in [4.78, 5) is 33.2. The summed E-state index contributed by atoms with van der Waals surface area (Å²) in [6.07, 6.45) is 0.0908. The monoisotopic (exact) mass is 417 g/mol. The lowest BCUT2D eigenvalue weighted by Crippen LogP contribution is -2.44. The van der Waals surface area contributed by atoms with E-state index in [1.807, 2.05) is 24.3 Å². The number of para-hydroxylation sites is 1. The van der Waals surface area contributed by atoms with E-state index in [0.29, 0.717) is 29.0 Å². The average Bonchev–Trinajstić information content (AvgIpc) is 3.13. The zero-order chi connectivity index (χ0) is 21.9. The summed E-state index contributed by atoms with van der Waals surface area (Å²) >= 11 is 0. The lowest BCUT2D eigenvalue weighted by atomic mass is 9.86. The highest BCUT2D eigenvalue weighted by atomic mass is 16.6. The first-order chi connectivity index (χ1) is 14.9. The minimum Gasteiger partial charge on any atom is -0.458 e. The fraction of sp³-hybridized carbons (Fsp3) is 0.318. The number of fused-ring (bicyclic) bond motifs is 5. The van der Waals surface area contributed by atoms with Crippen LogP contribution in [0.3, 0.4) is 0 Å². The minimum atomic E-state index is -1.86. The van der Waals surface area contributed by atoms with E-state index in [1.165, 1.54) is 0 Å². The number of rotatable bonds is 3. The molecule has 9 nitrogen and oxygen atoms in total. The van der Waals surface area contributed by atoms with Crippen molar-refractivity contribution in [3.63, 3.8) is 0 Å². The molecular formula is C22H19N5O4. The first-order valence-electron chi connectivity index (χ1n) is 10.0. The summed E-state index contributed by atoms with van der Waals surface area (Å²) in [5.41, 5.74) is 10.8. The second-order valence-electron chi connectivity index (χ2n) is 7.90. The molecule has 0 fully saturated rings. The quantitative estimate of drug-likeness (QED) is 0.236. The number of cyclic esters (lactones) is 1. The van der Waals surface area contributed by atoms with E-state index in [9.17, 15) is 14.7 Å². The van der Waals surface area contributed by atoms with E-state index in [1.54, 1.807) is 24.5 Å². The predicted molar refractivity (Wildman–Crippen MR) is 112 cm³/mol. The zero-order valence-corrected chi connectivity index (χ0v) is 17.0. The van der Waals surface area contributed by atoms with E-state index in [4.69, 9.17) is 15.3 Å². The number of azide groups is 1. The maximum absolute atomic E-state index is 13.2. The molecular weight excluding hydrogens is 398 g/mol. The van der Waals surface area contributed by atoms with E-state index < -0.39 is 17.6 Å². The van der Waals surface area contributed by atoms with Gasteiger partial charge in [0.2, 0.25) is 0 Å². The largest absolute Gasteiger partial charge is 0.458 e. The molecule has 0 saturated carbocycles. The maximum atomic E-state index is 13.2. The van der Waals surface area contributed by atoms with Gasteiger partial charge in [-0.25, -0.2) is 9.78 Å². The van der Waals surface area contributed by atoms with Crippen LogP contribution in [-0.2, 0) is 28.3 Å². The van der Waals surface area contributed by atoms with E-state index in [-0.39, 0.29) is 24.2 Å². The predicted octanol–water partition coefficient (Wildman–Crippen LogP) is 3.45. The van der Waals surface area contributed by atoms with Crippen LogP contribution in [0.2, 0.25) is 0 Å². The van der Waals surface area contributed by atoms with Crippen LogP contribution in [0.25, 0.3) is 32.7 Å². The topological polar surface area (TPSA) is 130 Å². The summed E-state index contributed by atoms with van der Waals surface area (Å²) in [7, 11) is 0. The number of aromatic nitrogens is 2. The standard InChI is InChI=1S/C22H19N5O4/c1-3-22(30)16-8-17-19-13(9-27(17)20(28)15(16)10-31-21(22)29)7-12-5-4-6-14(18(12)24-19)11(2)25-26-23/h4-8,11,30H,3,9-10H2,1-2H3/t11?,22-/m0/s1. The summed E-state index contributed by atoms with van der Waals surface area (Å²) in [6.45, 7) is 3.65. The third-order valence-corrected chi connectivity index (χ3v) is 6.24. The lowest BCUT2D eigenvalue weighted by Gasteiger charge is -2.31. The Morgan fingerprint density at radius 2 is 2.19 bits per heavy atom. The van der Waals surface area contributed by atoms with Crippen LogP contribution >= 0.6 is 0 Å². The van der Waals surface area contributed by atoms with Crippen molar-refractivity contribution < 1.29 is 14.6 Å². The molecule has 2 aliphatic heterocycles. The van der Waals surface area contributed by atoms with Gasteiger partial charge in [-0.3, -0.25) is 4.79 Å². The Bertz CT molecular complexity index is 1390. The molecule has 0 radical (unpaired) electrons. The Morgan fingerprint density at radius 3 is 2.94 bits per heavy atom. The summed E-state index contributed by atoms with van der Waals surface area (Å²) < 4.78 is 6.70. The molecule has 0 amide bonds. The first-order valence-corrected chi connectivity index (χ1v) is 10.0. The molecule has 9 heteroatoms. The average molecular weight is 417 g/mol. The summed E-state index contributed by atoms with van der Waals surface area (Å²) in [5.74, 6) is -0.748. The van der Waals surface area contributed by atoms with Gasteiger partial charge in [-0.2, -0.15) is 0 Å². The molecule has 2 aliphatic rings. The molecule has 31 heavy (non-hydrogen) atoms. The SMILES string of the molecule is CC[C@@]1(O)C(=O)OCc2c1cc1n(c2=O)Cc2cc3cccc(C(C)N=[N+]=[N-])c3nc2-1. The van der Waals surface area contributed by atoms with Crippen molar-refractivity contribution in [2.75, 3.05) is 0 Å². The molecule has 0 aliphatic carbocycles. The molecule has 1 N–H and O–H groups in total. The van der Waals surface area contributed by atoms with Crippen LogP contribution in [0.15, 0.2) is 40.2 Å². The molecule has 2 aromatic heterocycles. The van der Waals surface area contributed by atoms with Crippen LogP contribution in [-0.4, -0.2) is 20.6 Å². The second kappa shape index (κ2) is 6.66.